The maximum absolute atomic E-state index is 12.8. The van der Waals surface area contributed by atoms with Crippen molar-refractivity contribution in [1.82, 2.24) is 0 Å². The van der Waals surface area contributed by atoms with Crippen LogP contribution in [0.15, 0.2) is 158 Å². The zero-order valence-electron chi connectivity index (χ0n) is 49.4. The van der Waals surface area contributed by atoms with Crippen LogP contribution < -0.4 is 0 Å². The molecule has 0 aliphatic rings. The van der Waals surface area contributed by atoms with Gasteiger partial charge in [0.1, 0.15) is 13.2 Å². The lowest BCUT2D eigenvalue weighted by Crippen LogP contribution is -2.30. The Labute approximate surface area is 473 Å². The van der Waals surface area contributed by atoms with E-state index in [1.54, 1.807) is 0 Å². The first-order valence-corrected chi connectivity index (χ1v) is 31.0. The number of ether oxygens (including phenoxy) is 3. The molecule has 0 amide bonds. The van der Waals surface area contributed by atoms with Crippen LogP contribution in [0.3, 0.4) is 0 Å². The summed E-state index contributed by atoms with van der Waals surface area (Å²) < 4.78 is 16.8. The molecule has 0 N–H and O–H groups in total. The van der Waals surface area contributed by atoms with Gasteiger partial charge < -0.3 is 14.2 Å². The Morgan fingerprint density at radius 2 is 0.532 bits per heavy atom. The molecule has 1 atom stereocenters. The highest BCUT2D eigenvalue weighted by Gasteiger charge is 2.19. The van der Waals surface area contributed by atoms with E-state index in [4.69, 9.17) is 14.2 Å². The van der Waals surface area contributed by atoms with Gasteiger partial charge in [-0.1, -0.05) is 256 Å². The van der Waals surface area contributed by atoms with Crippen LogP contribution in [0, 0.1) is 0 Å². The zero-order chi connectivity index (χ0) is 55.7. The number of hydrogen-bond acceptors (Lipinski definition) is 6. The van der Waals surface area contributed by atoms with Crippen molar-refractivity contribution in [3.63, 3.8) is 0 Å². The molecule has 0 aromatic carbocycles. The summed E-state index contributed by atoms with van der Waals surface area (Å²) in [4.78, 5) is 38.1. The fourth-order valence-corrected chi connectivity index (χ4v) is 7.94. The molecule has 0 aliphatic carbocycles. The topological polar surface area (TPSA) is 78.9 Å². The molecule has 0 aromatic heterocycles. The molecule has 0 radical (unpaired) electrons. The second kappa shape index (κ2) is 63.6. The van der Waals surface area contributed by atoms with Crippen molar-refractivity contribution in [3.05, 3.63) is 158 Å². The zero-order valence-corrected chi connectivity index (χ0v) is 49.4. The second-order valence-electron chi connectivity index (χ2n) is 19.8. The van der Waals surface area contributed by atoms with Crippen LogP contribution in [0.2, 0.25) is 0 Å². The largest absolute Gasteiger partial charge is 0.462 e. The quantitative estimate of drug-likeness (QED) is 0.0261. The summed E-state index contributed by atoms with van der Waals surface area (Å²) in [5, 5.41) is 0. The van der Waals surface area contributed by atoms with Gasteiger partial charge in [-0.3, -0.25) is 14.4 Å². The lowest BCUT2D eigenvalue weighted by atomic mass is 10.1. The fraction of sp³-hybridized carbons (Fsp3) is 0.592. The Morgan fingerprint density at radius 3 is 0.857 bits per heavy atom. The van der Waals surface area contributed by atoms with Crippen molar-refractivity contribution in [2.75, 3.05) is 13.2 Å². The molecule has 0 bridgehead atoms. The van der Waals surface area contributed by atoms with Crippen molar-refractivity contribution >= 4 is 17.9 Å². The van der Waals surface area contributed by atoms with Crippen molar-refractivity contribution < 1.29 is 28.6 Å². The summed E-state index contributed by atoms with van der Waals surface area (Å²) in [5.74, 6) is -1.02. The molecule has 1 unspecified atom stereocenters. The van der Waals surface area contributed by atoms with E-state index in [0.717, 1.165) is 135 Å². The third-order valence-electron chi connectivity index (χ3n) is 12.5. The van der Waals surface area contributed by atoms with E-state index in [9.17, 15) is 14.4 Å². The molecular formula is C71H112O6. The minimum atomic E-state index is -0.829. The lowest BCUT2D eigenvalue weighted by Gasteiger charge is -2.18. The highest BCUT2D eigenvalue weighted by atomic mass is 16.6. The van der Waals surface area contributed by atoms with Gasteiger partial charge in [0.15, 0.2) is 6.10 Å². The molecule has 0 saturated heterocycles. The highest BCUT2D eigenvalue weighted by molar-refractivity contribution is 5.71. The molecular weight excluding hydrogens is 949 g/mol. The monoisotopic (exact) mass is 1060 g/mol. The fourth-order valence-electron chi connectivity index (χ4n) is 7.94. The Hall–Kier alpha value is -4.97. The third kappa shape index (κ3) is 61.8. The van der Waals surface area contributed by atoms with E-state index in [0.29, 0.717) is 19.3 Å². The average molecular weight is 1060 g/mol. The number of allylic oxidation sites excluding steroid dienone is 26. The van der Waals surface area contributed by atoms with Crippen molar-refractivity contribution in [2.24, 2.45) is 0 Å². The normalized spacial score (nSPS) is 13.2. The van der Waals surface area contributed by atoms with Crippen LogP contribution in [0.25, 0.3) is 0 Å². The van der Waals surface area contributed by atoms with Crippen LogP contribution in [0.1, 0.15) is 252 Å². The van der Waals surface area contributed by atoms with Gasteiger partial charge in [-0.15, -0.1) is 0 Å². The Morgan fingerprint density at radius 1 is 0.273 bits per heavy atom. The van der Waals surface area contributed by atoms with Gasteiger partial charge in [-0.25, -0.2) is 0 Å². The summed E-state index contributed by atoms with van der Waals surface area (Å²) in [7, 11) is 0. The van der Waals surface area contributed by atoms with Gasteiger partial charge in [-0.2, -0.15) is 0 Å². The van der Waals surface area contributed by atoms with Gasteiger partial charge >= 0.3 is 17.9 Å². The minimum absolute atomic E-state index is 0.119. The van der Waals surface area contributed by atoms with Crippen LogP contribution in [0.4, 0.5) is 0 Å². The molecule has 0 saturated carbocycles. The number of carbonyl (C=O) groups excluding carboxylic acids is 3. The molecule has 0 aliphatic heterocycles. The summed E-state index contributed by atoms with van der Waals surface area (Å²) in [6.07, 6.45) is 92.7. The Balaban J connectivity index is 4.30. The maximum atomic E-state index is 12.8. The van der Waals surface area contributed by atoms with Gasteiger partial charge in [0, 0.05) is 19.3 Å². The van der Waals surface area contributed by atoms with E-state index >= 15 is 0 Å². The Kier molecular flexibility index (Phi) is 59.5. The summed E-state index contributed by atoms with van der Waals surface area (Å²) in [6.45, 7) is 6.30. The molecule has 432 valence electrons. The highest BCUT2D eigenvalue weighted by Crippen LogP contribution is 2.14. The van der Waals surface area contributed by atoms with Crippen LogP contribution in [-0.2, 0) is 28.6 Å². The van der Waals surface area contributed by atoms with E-state index in [1.807, 2.05) is 12.2 Å². The molecule has 77 heavy (non-hydrogen) atoms. The number of hydrogen-bond donors (Lipinski definition) is 0. The molecule has 0 spiro atoms. The van der Waals surface area contributed by atoms with Crippen LogP contribution in [0.5, 0.6) is 0 Å². The molecule has 0 rings (SSSR count). The van der Waals surface area contributed by atoms with Crippen molar-refractivity contribution in [2.45, 2.75) is 258 Å². The van der Waals surface area contributed by atoms with Crippen molar-refractivity contribution in [1.29, 1.82) is 0 Å². The smallest absolute Gasteiger partial charge is 0.306 e. The first-order chi connectivity index (χ1) is 38.0. The second-order valence-corrected chi connectivity index (χ2v) is 19.8. The minimum Gasteiger partial charge on any atom is -0.462 e. The van der Waals surface area contributed by atoms with E-state index in [2.05, 4.69) is 167 Å². The predicted molar refractivity (Wildman–Crippen MR) is 334 cm³/mol. The van der Waals surface area contributed by atoms with Crippen LogP contribution >= 0.6 is 0 Å². The van der Waals surface area contributed by atoms with Gasteiger partial charge in [0.05, 0.1) is 0 Å². The van der Waals surface area contributed by atoms with Crippen molar-refractivity contribution in [3.8, 4) is 0 Å². The van der Waals surface area contributed by atoms with Gasteiger partial charge in [-0.05, 0) is 135 Å². The SMILES string of the molecule is CC/C=C\C/C=C\C/C=C\C/C=C\C/C=C\C/C=C\C/C=C\C/C=C\CCCCCCCCCCC(=O)OCC(COC(=O)CCCCCCC/C=C\CCCCCC)OC(=O)CC/C=C\C/C=C\C/C=C\C/C=C\CC. The standard InChI is InChI=1S/C71H112O6/c1-4-7-10-13-16-19-22-25-26-27-28-29-30-31-32-33-34-35-36-37-38-39-40-41-42-43-44-47-49-52-55-58-61-64-70(73)76-67-68(77-71(74)65-62-59-56-53-50-46-24-21-18-15-12-9-6-3)66-75-69(72)63-60-57-54-51-48-45-23-20-17-14-11-8-5-2/h7,9-10,12,16,18-21,23,25-26,28-29,31-32,34-35,37-38,40-41,46,50,56,59,68H,4-6,8,11,13-15,17,22,24,27,30,33,36,39,42-45,47-49,51-55,57-58,60-67H2,1-3H3/b10-7-,12-9-,19-16-,21-18-,23-20-,26-25-,29-28-,32-31-,35-34-,38-37-,41-40-,50-46-,59-56-. The third-order valence-corrected chi connectivity index (χ3v) is 12.5. The van der Waals surface area contributed by atoms with E-state index in [-0.39, 0.29) is 31.6 Å². The number of unbranched alkanes of at least 4 members (excludes halogenated alkanes) is 17. The van der Waals surface area contributed by atoms with Gasteiger partial charge in [0.25, 0.3) is 0 Å². The summed E-state index contributed by atoms with van der Waals surface area (Å²) >= 11 is 0. The molecule has 0 fully saturated rings. The number of rotatable bonds is 54. The molecule has 0 heterocycles. The predicted octanol–water partition coefficient (Wildman–Crippen LogP) is 21.3. The molecule has 6 heteroatoms. The van der Waals surface area contributed by atoms with E-state index in [1.165, 1.54) is 70.6 Å². The first-order valence-electron chi connectivity index (χ1n) is 31.0. The Bertz CT molecular complexity index is 1740. The summed E-state index contributed by atoms with van der Waals surface area (Å²) in [6, 6.07) is 0. The first kappa shape index (κ1) is 72.0. The molecule has 6 nitrogen and oxygen atoms in total. The van der Waals surface area contributed by atoms with E-state index < -0.39 is 12.1 Å². The lowest BCUT2D eigenvalue weighted by molar-refractivity contribution is -0.166. The van der Waals surface area contributed by atoms with Gasteiger partial charge in [0.2, 0.25) is 0 Å². The number of esters is 3. The average Bonchev–Trinajstić information content (AvgIpc) is 3.43. The molecule has 0 aromatic rings. The number of carbonyl (C=O) groups is 3. The summed E-state index contributed by atoms with van der Waals surface area (Å²) in [5.41, 5.74) is 0. The van der Waals surface area contributed by atoms with Crippen LogP contribution in [-0.4, -0.2) is 37.2 Å². The maximum Gasteiger partial charge on any atom is 0.306 e.